The summed E-state index contributed by atoms with van der Waals surface area (Å²) in [6.07, 6.45) is 7.14. The molecule has 1 aromatic rings. The van der Waals surface area contributed by atoms with Gasteiger partial charge < -0.3 is 15.6 Å². The molecule has 1 unspecified atom stereocenters. The quantitative estimate of drug-likeness (QED) is 0.823. The molecule has 114 valence electrons. The SMILES string of the molecule is Cn1ccc(C(=O)NC(C(N)=S)C2CCCCC2)cc1=O. The van der Waals surface area contributed by atoms with Crippen LogP contribution in [0, 0.1) is 5.92 Å². The predicted molar refractivity (Wildman–Crippen MR) is 86.3 cm³/mol. The molecule has 6 heteroatoms. The van der Waals surface area contributed by atoms with E-state index < -0.39 is 0 Å². The largest absolute Gasteiger partial charge is 0.392 e. The minimum Gasteiger partial charge on any atom is -0.392 e. The Kier molecular flexibility index (Phi) is 5.12. The highest BCUT2D eigenvalue weighted by Crippen LogP contribution is 2.26. The molecule has 1 aliphatic carbocycles. The van der Waals surface area contributed by atoms with E-state index in [1.165, 1.54) is 17.1 Å². The van der Waals surface area contributed by atoms with Crippen molar-refractivity contribution >= 4 is 23.1 Å². The number of carbonyl (C=O) groups excluding carboxylic acids is 1. The van der Waals surface area contributed by atoms with Crippen LogP contribution in [0.15, 0.2) is 23.1 Å². The lowest BCUT2D eigenvalue weighted by Gasteiger charge is -2.30. The lowest BCUT2D eigenvalue weighted by Crippen LogP contribution is -2.49. The second kappa shape index (κ2) is 6.85. The van der Waals surface area contributed by atoms with Crippen LogP contribution in [0.25, 0.3) is 0 Å². The topological polar surface area (TPSA) is 77.1 Å². The Balaban J connectivity index is 2.12. The number of pyridine rings is 1. The number of aryl methyl sites for hydroxylation is 1. The van der Waals surface area contributed by atoms with Gasteiger partial charge in [-0.1, -0.05) is 31.5 Å². The van der Waals surface area contributed by atoms with Crippen LogP contribution in [-0.2, 0) is 7.05 Å². The molecule has 3 N–H and O–H groups in total. The van der Waals surface area contributed by atoms with E-state index in [0.29, 0.717) is 16.5 Å². The van der Waals surface area contributed by atoms with Gasteiger partial charge in [0.2, 0.25) is 0 Å². The van der Waals surface area contributed by atoms with E-state index in [2.05, 4.69) is 5.32 Å². The summed E-state index contributed by atoms with van der Waals surface area (Å²) in [5.74, 6) is 0.00261. The maximum Gasteiger partial charge on any atom is 0.252 e. The van der Waals surface area contributed by atoms with Gasteiger partial charge in [-0.3, -0.25) is 9.59 Å². The summed E-state index contributed by atoms with van der Waals surface area (Å²) in [4.78, 5) is 24.2. The normalized spacial score (nSPS) is 17.2. The second-order valence-corrected chi connectivity index (χ2v) is 6.09. The minimum absolute atomic E-state index is 0.216. The average Bonchev–Trinajstić information content (AvgIpc) is 2.48. The maximum atomic E-state index is 12.3. The van der Waals surface area contributed by atoms with Crippen LogP contribution in [0.3, 0.4) is 0 Å². The van der Waals surface area contributed by atoms with Gasteiger partial charge in [0.15, 0.2) is 0 Å². The number of carbonyl (C=O) groups is 1. The smallest absolute Gasteiger partial charge is 0.252 e. The summed E-state index contributed by atoms with van der Waals surface area (Å²) in [7, 11) is 1.64. The number of hydrogen-bond donors (Lipinski definition) is 2. The van der Waals surface area contributed by atoms with Crippen LogP contribution in [0.2, 0.25) is 0 Å². The molecule has 0 saturated heterocycles. The molecule has 0 aliphatic heterocycles. The molecule has 1 saturated carbocycles. The number of nitrogens with two attached hydrogens (primary N) is 1. The van der Waals surface area contributed by atoms with Crippen LogP contribution in [0.4, 0.5) is 0 Å². The molecule has 21 heavy (non-hydrogen) atoms. The van der Waals surface area contributed by atoms with E-state index in [0.717, 1.165) is 25.7 Å². The van der Waals surface area contributed by atoms with Crippen molar-refractivity contribution in [3.8, 4) is 0 Å². The molecule has 1 atom stereocenters. The van der Waals surface area contributed by atoms with Crippen LogP contribution in [0.1, 0.15) is 42.5 Å². The van der Waals surface area contributed by atoms with E-state index in [9.17, 15) is 9.59 Å². The van der Waals surface area contributed by atoms with Gasteiger partial charge in [0.1, 0.15) is 0 Å². The molecular weight excluding hydrogens is 286 g/mol. The van der Waals surface area contributed by atoms with E-state index in [1.807, 2.05) is 0 Å². The zero-order chi connectivity index (χ0) is 15.4. The number of aromatic nitrogens is 1. The Morgan fingerprint density at radius 2 is 2.10 bits per heavy atom. The van der Waals surface area contributed by atoms with Crippen molar-refractivity contribution in [3.05, 3.63) is 34.2 Å². The average molecular weight is 307 g/mol. The molecule has 1 aliphatic rings. The third-order valence-corrected chi connectivity index (χ3v) is 4.33. The van der Waals surface area contributed by atoms with Crippen LogP contribution >= 0.6 is 12.2 Å². The Hall–Kier alpha value is -1.69. The molecule has 5 nitrogen and oxygen atoms in total. The molecule has 1 amide bonds. The Labute approximate surface area is 129 Å². The highest BCUT2D eigenvalue weighted by atomic mass is 32.1. The standard InChI is InChI=1S/C15H21N3O2S/c1-18-8-7-11(9-12(18)19)15(20)17-13(14(16)21)10-5-3-2-4-6-10/h7-10,13H,2-6H2,1H3,(H2,16,21)(H,17,20). The van der Waals surface area contributed by atoms with Gasteiger partial charge in [-0.05, 0) is 24.8 Å². The monoisotopic (exact) mass is 307 g/mol. The molecule has 1 aromatic heterocycles. The molecule has 0 spiro atoms. The third-order valence-electron chi connectivity index (χ3n) is 4.08. The number of rotatable bonds is 4. The second-order valence-electron chi connectivity index (χ2n) is 5.62. The fraction of sp³-hybridized carbons (Fsp3) is 0.533. The summed E-state index contributed by atoms with van der Waals surface area (Å²) in [6.45, 7) is 0. The van der Waals surface area contributed by atoms with Gasteiger partial charge in [0.25, 0.3) is 11.5 Å². The van der Waals surface area contributed by atoms with Gasteiger partial charge in [-0.15, -0.1) is 0 Å². The van der Waals surface area contributed by atoms with E-state index in [4.69, 9.17) is 18.0 Å². The zero-order valence-corrected chi connectivity index (χ0v) is 13.0. The lowest BCUT2D eigenvalue weighted by atomic mass is 9.83. The highest BCUT2D eigenvalue weighted by Gasteiger charge is 2.27. The third kappa shape index (κ3) is 3.91. The van der Waals surface area contributed by atoms with Gasteiger partial charge in [-0.2, -0.15) is 0 Å². The summed E-state index contributed by atoms with van der Waals surface area (Å²) < 4.78 is 1.42. The summed E-state index contributed by atoms with van der Waals surface area (Å²) in [6, 6.07) is 2.65. The van der Waals surface area contributed by atoms with E-state index in [1.54, 1.807) is 19.3 Å². The first kappa shape index (κ1) is 15.7. The highest BCUT2D eigenvalue weighted by molar-refractivity contribution is 7.80. The van der Waals surface area contributed by atoms with Crippen molar-refractivity contribution in [2.45, 2.75) is 38.1 Å². The predicted octanol–water partition coefficient (Wildman–Crippen LogP) is 1.35. The van der Waals surface area contributed by atoms with E-state index in [-0.39, 0.29) is 17.5 Å². The first-order valence-electron chi connectivity index (χ1n) is 7.26. The molecular formula is C15H21N3O2S. The molecule has 0 radical (unpaired) electrons. The summed E-state index contributed by atoms with van der Waals surface area (Å²) in [5, 5.41) is 2.90. The van der Waals surface area contributed by atoms with Crippen LogP contribution in [-0.4, -0.2) is 21.5 Å². The lowest BCUT2D eigenvalue weighted by molar-refractivity contribution is 0.0931. The molecule has 0 bridgehead atoms. The number of amides is 1. The van der Waals surface area contributed by atoms with Crippen LogP contribution in [0.5, 0.6) is 0 Å². The minimum atomic E-state index is -0.295. The first-order chi connectivity index (χ1) is 9.99. The van der Waals surface area contributed by atoms with Gasteiger partial charge in [0, 0.05) is 24.9 Å². The molecule has 1 heterocycles. The number of thiocarbonyl (C=S) groups is 1. The van der Waals surface area contributed by atoms with Gasteiger partial charge in [-0.25, -0.2) is 0 Å². The zero-order valence-electron chi connectivity index (χ0n) is 12.2. The molecule has 1 fully saturated rings. The Morgan fingerprint density at radius 1 is 1.43 bits per heavy atom. The first-order valence-corrected chi connectivity index (χ1v) is 7.66. The Morgan fingerprint density at radius 3 is 2.67 bits per heavy atom. The summed E-state index contributed by atoms with van der Waals surface area (Å²) in [5.41, 5.74) is 5.93. The van der Waals surface area contributed by atoms with E-state index >= 15 is 0 Å². The Bertz CT molecular complexity index is 591. The molecule has 0 aromatic carbocycles. The molecule has 2 rings (SSSR count). The summed E-state index contributed by atoms with van der Waals surface area (Å²) >= 11 is 5.11. The van der Waals surface area contributed by atoms with Crippen molar-refractivity contribution in [1.29, 1.82) is 0 Å². The number of nitrogens with zero attached hydrogens (tertiary/aromatic N) is 1. The van der Waals surface area contributed by atoms with Crippen molar-refractivity contribution in [1.82, 2.24) is 9.88 Å². The van der Waals surface area contributed by atoms with Gasteiger partial charge >= 0.3 is 0 Å². The van der Waals surface area contributed by atoms with Gasteiger partial charge in [0.05, 0.1) is 11.0 Å². The van der Waals surface area contributed by atoms with Crippen LogP contribution < -0.4 is 16.6 Å². The van der Waals surface area contributed by atoms with Crippen molar-refractivity contribution in [3.63, 3.8) is 0 Å². The fourth-order valence-corrected chi connectivity index (χ4v) is 3.05. The van der Waals surface area contributed by atoms with Crippen molar-refractivity contribution < 1.29 is 4.79 Å². The maximum absolute atomic E-state index is 12.3. The van der Waals surface area contributed by atoms with Crippen molar-refractivity contribution in [2.24, 2.45) is 18.7 Å². The number of nitrogens with one attached hydrogen (secondary N) is 1. The van der Waals surface area contributed by atoms with Crippen molar-refractivity contribution in [2.75, 3.05) is 0 Å². The number of hydrogen-bond acceptors (Lipinski definition) is 3. The fourth-order valence-electron chi connectivity index (χ4n) is 2.80.